The van der Waals surface area contributed by atoms with Crippen molar-refractivity contribution >= 4 is 16.4 Å². The SMILES string of the molecule is CC(Cc1ccccc1)(NS(=O)(=O)F)C(=O)O. The molecule has 1 aromatic carbocycles. The zero-order chi connectivity index (χ0) is 13.1. The summed E-state index contributed by atoms with van der Waals surface area (Å²) in [6, 6.07) is 8.37. The molecular weight excluding hydrogens is 249 g/mol. The molecule has 0 saturated heterocycles. The Labute approximate surface area is 98.6 Å². The van der Waals surface area contributed by atoms with Crippen molar-refractivity contribution in [3.05, 3.63) is 35.9 Å². The molecule has 17 heavy (non-hydrogen) atoms. The molecular formula is C10H12FNO4S. The summed E-state index contributed by atoms with van der Waals surface area (Å²) >= 11 is 0. The molecule has 0 aliphatic rings. The normalized spacial score (nSPS) is 15.2. The van der Waals surface area contributed by atoms with Crippen LogP contribution in [0.4, 0.5) is 3.89 Å². The summed E-state index contributed by atoms with van der Waals surface area (Å²) in [5.74, 6) is -1.44. The van der Waals surface area contributed by atoms with Crippen LogP contribution in [0.15, 0.2) is 30.3 Å². The minimum Gasteiger partial charge on any atom is -0.480 e. The van der Waals surface area contributed by atoms with Crippen LogP contribution in [0, 0.1) is 0 Å². The molecule has 1 rings (SSSR count). The number of hydrogen-bond acceptors (Lipinski definition) is 3. The summed E-state index contributed by atoms with van der Waals surface area (Å²) in [6.07, 6.45) is -0.147. The van der Waals surface area contributed by atoms with E-state index < -0.39 is 21.9 Å². The number of aliphatic carboxylic acids is 1. The first-order chi connectivity index (χ1) is 7.73. The molecule has 0 spiro atoms. The van der Waals surface area contributed by atoms with Gasteiger partial charge in [0.1, 0.15) is 5.54 Å². The fourth-order valence-electron chi connectivity index (χ4n) is 1.43. The van der Waals surface area contributed by atoms with Crippen LogP contribution in [0.1, 0.15) is 12.5 Å². The van der Waals surface area contributed by atoms with E-state index in [2.05, 4.69) is 0 Å². The van der Waals surface area contributed by atoms with Gasteiger partial charge in [-0.1, -0.05) is 34.2 Å². The number of carbonyl (C=O) groups is 1. The van der Waals surface area contributed by atoms with Crippen LogP contribution >= 0.6 is 0 Å². The Hall–Kier alpha value is -1.47. The maximum absolute atomic E-state index is 12.5. The second kappa shape index (κ2) is 4.80. The van der Waals surface area contributed by atoms with E-state index in [1.165, 1.54) is 4.72 Å². The van der Waals surface area contributed by atoms with E-state index >= 15 is 0 Å². The Balaban J connectivity index is 2.98. The molecule has 0 amide bonds. The molecule has 2 N–H and O–H groups in total. The monoisotopic (exact) mass is 261 g/mol. The quantitative estimate of drug-likeness (QED) is 0.770. The summed E-state index contributed by atoms with van der Waals surface area (Å²) in [5.41, 5.74) is -1.32. The van der Waals surface area contributed by atoms with E-state index in [0.29, 0.717) is 5.56 Å². The van der Waals surface area contributed by atoms with Crippen LogP contribution in [0.5, 0.6) is 0 Å². The van der Waals surface area contributed by atoms with Gasteiger partial charge in [0.05, 0.1) is 0 Å². The van der Waals surface area contributed by atoms with Gasteiger partial charge in [0.25, 0.3) is 0 Å². The average Bonchev–Trinajstić information content (AvgIpc) is 2.15. The van der Waals surface area contributed by atoms with E-state index in [-0.39, 0.29) is 6.42 Å². The van der Waals surface area contributed by atoms with Crippen molar-refractivity contribution in [1.29, 1.82) is 0 Å². The van der Waals surface area contributed by atoms with Gasteiger partial charge in [0, 0.05) is 6.42 Å². The van der Waals surface area contributed by atoms with Crippen molar-refractivity contribution in [3.63, 3.8) is 0 Å². The first-order valence-electron chi connectivity index (χ1n) is 4.74. The fraction of sp³-hybridized carbons (Fsp3) is 0.300. The van der Waals surface area contributed by atoms with Crippen LogP contribution in [-0.2, 0) is 21.6 Å². The standard InChI is InChI=1S/C10H12FNO4S/c1-10(9(13)14,12-17(11,15)16)7-8-5-3-2-4-6-8/h2-6,12H,7H2,1H3,(H,13,14). The first kappa shape index (κ1) is 13.6. The molecule has 5 nitrogen and oxygen atoms in total. The maximum atomic E-state index is 12.5. The largest absolute Gasteiger partial charge is 0.480 e. The molecule has 1 unspecified atom stereocenters. The number of carboxylic acids is 1. The number of carboxylic acid groups (broad SMARTS) is 1. The lowest BCUT2D eigenvalue weighted by molar-refractivity contribution is -0.143. The van der Waals surface area contributed by atoms with Crippen molar-refractivity contribution in [3.8, 4) is 0 Å². The van der Waals surface area contributed by atoms with Crippen LogP contribution in [0.3, 0.4) is 0 Å². The van der Waals surface area contributed by atoms with Gasteiger partial charge in [-0.3, -0.25) is 4.79 Å². The van der Waals surface area contributed by atoms with E-state index in [0.717, 1.165) is 6.92 Å². The second-order valence-electron chi connectivity index (χ2n) is 3.84. The smallest absolute Gasteiger partial charge is 0.373 e. The Bertz CT molecular complexity index is 502. The van der Waals surface area contributed by atoms with E-state index in [9.17, 15) is 17.1 Å². The summed E-state index contributed by atoms with van der Waals surface area (Å²) in [7, 11) is -5.08. The third-order valence-corrected chi connectivity index (χ3v) is 2.91. The van der Waals surface area contributed by atoms with Gasteiger partial charge in [-0.05, 0) is 12.5 Å². The summed E-state index contributed by atoms with van der Waals surface area (Å²) in [4.78, 5) is 11.0. The average molecular weight is 261 g/mol. The van der Waals surface area contributed by atoms with E-state index in [1.54, 1.807) is 30.3 Å². The molecule has 0 aromatic heterocycles. The van der Waals surface area contributed by atoms with Gasteiger partial charge in [-0.2, -0.15) is 13.1 Å². The van der Waals surface area contributed by atoms with Gasteiger partial charge in [-0.15, -0.1) is 0 Å². The molecule has 0 saturated carbocycles. The third-order valence-electron chi connectivity index (χ3n) is 2.22. The minimum atomic E-state index is -5.08. The molecule has 0 fully saturated rings. The van der Waals surface area contributed by atoms with Crippen molar-refractivity contribution in [2.75, 3.05) is 0 Å². The lowest BCUT2D eigenvalue weighted by Gasteiger charge is -2.23. The molecule has 1 aromatic rings. The van der Waals surface area contributed by atoms with Gasteiger partial charge in [0.15, 0.2) is 0 Å². The predicted octanol–water partition coefficient (Wildman–Crippen LogP) is 0.876. The summed E-state index contributed by atoms with van der Waals surface area (Å²) in [5, 5.41) is 8.96. The van der Waals surface area contributed by atoms with Crippen molar-refractivity contribution in [2.24, 2.45) is 0 Å². The fourth-order valence-corrected chi connectivity index (χ4v) is 2.13. The van der Waals surface area contributed by atoms with Crippen molar-refractivity contribution in [1.82, 2.24) is 4.72 Å². The highest BCUT2D eigenvalue weighted by Crippen LogP contribution is 2.15. The van der Waals surface area contributed by atoms with Gasteiger partial charge in [0.2, 0.25) is 0 Å². The Morgan fingerprint density at radius 1 is 1.41 bits per heavy atom. The summed E-state index contributed by atoms with van der Waals surface area (Å²) in [6.45, 7) is 1.11. The van der Waals surface area contributed by atoms with Gasteiger partial charge >= 0.3 is 16.4 Å². The third kappa shape index (κ3) is 4.12. The molecule has 0 heterocycles. The zero-order valence-electron chi connectivity index (χ0n) is 9.05. The maximum Gasteiger partial charge on any atom is 0.373 e. The topological polar surface area (TPSA) is 83.5 Å². The predicted molar refractivity (Wildman–Crippen MR) is 59.4 cm³/mol. The highest BCUT2D eigenvalue weighted by molar-refractivity contribution is 7.84. The Kier molecular flexibility index (Phi) is 3.84. The minimum absolute atomic E-state index is 0.147. The molecule has 7 heteroatoms. The Morgan fingerprint density at radius 2 is 1.94 bits per heavy atom. The number of rotatable bonds is 5. The lowest BCUT2D eigenvalue weighted by Crippen LogP contribution is -2.52. The number of benzene rings is 1. The highest BCUT2D eigenvalue weighted by atomic mass is 32.3. The zero-order valence-corrected chi connectivity index (χ0v) is 9.87. The first-order valence-corrected chi connectivity index (χ1v) is 6.12. The molecule has 0 aliphatic heterocycles. The number of halogens is 1. The van der Waals surface area contributed by atoms with Crippen molar-refractivity contribution in [2.45, 2.75) is 18.9 Å². The molecule has 1 atom stereocenters. The molecule has 0 bridgehead atoms. The van der Waals surface area contributed by atoms with E-state index in [1.807, 2.05) is 0 Å². The van der Waals surface area contributed by atoms with E-state index in [4.69, 9.17) is 5.11 Å². The Morgan fingerprint density at radius 3 is 2.35 bits per heavy atom. The van der Waals surface area contributed by atoms with Crippen LogP contribution < -0.4 is 4.72 Å². The number of nitrogens with one attached hydrogen (secondary N) is 1. The van der Waals surface area contributed by atoms with Gasteiger partial charge < -0.3 is 5.11 Å². The van der Waals surface area contributed by atoms with Gasteiger partial charge in [-0.25, -0.2) is 0 Å². The van der Waals surface area contributed by atoms with Crippen LogP contribution in [-0.4, -0.2) is 25.0 Å². The van der Waals surface area contributed by atoms with Crippen LogP contribution in [0.25, 0.3) is 0 Å². The van der Waals surface area contributed by atoms with Crippen LogP contribution in [0.2, 0.25) is 0 Å². The summed E-state index contributed by atoms with van der Waals surface area (Å²) < 4.78 is 35.0. The lowest BCUT2D eigenvalue weighted by atomic mass is 9.94. The molecule has 0 radical (unpaired) electrons. The highest BCUT2D eigenvalue weighted by Gasteiger charge is 2.37. The second-order valence-corrected chi connectivity index (χ2v) is 4.92. The number of hydrogen-bond donors (Lipinski definition) is 2. The molecule has 94 valence electrons. The van der Waals surface area contributed by atoms with Crippen molar-refractivity contribution < 1.29 is 22.2 Å². The molecule has 0 aliphatic carbocycles.